The van der Waals surface area contributed by atoms with Crippen molar-refractivity contribution in [1.29, 1.82) is 0 Å². The Labute approximate surface area is 118 Å². The SMILES string of the molecule is CC(C)(C)N(CCCOc1cc(Cl)ccn1)C(=O)O. The zero-order chi connectivity index (χ0) is 14.5. The number of carbonyl (C=O) groups is 1. The molecule has 0 fully saturated rings. The molecule has 0 aromatic carbocycles. The van der Waals surface area contributed by atoms with Crippen LogP contribution >= 0.6 is 11.6 Å². The fourth-order valence-corrected chi connectivity index (χ4v) is 1.73. The van der Waals surface area contributed by atoms with Crippen molar-refractivity contribution < 1.29 is 14.6 Å². The Kier molecular flexibility index (Phi) is 5.42. The number of hydrogen-bond donors (Lipinski definition) is 1. The summed E-state index contributed by atoms with van der Waals surface area (Å²) in [6.45, 7) is 6.40. The lowest BCUT2D eigenvalue weighted by Gasteiger charge is -2.33. The number of amides is 1. The highest BCUT2D eigenvalue weighted by molar-refractivity contribution is 6.30. The summed E-state index contributed by atoms with van der Waals surface area (Å²) in [7, 11) is 0. The van der Waals surface area contributed by atoms with Gasteiger partial charge in [0, 0.05) is 29.4 Å². The molecule has 106 valence electrons. The Bertz CT molecular complexity index is 432. The third-order valence-corrected chi connectivity index (χ3v) is 2.75. The normalized spacial score (nSPS) is 11.2. The third-order valence-electron chi connectivity index (χ3n) is 2.51. The Morgan fingerprint density at radius 3 is 2.74 bits per heavy atom. The van der Waals surface area contributed by atoms with Gasteiger partial charge in [-0.2, -0.15) is 0 Å². The molecular formula is C13H19ClN2O3. The number of ether oxygens (including phenoxy) is 1. The highest BCUT2D eigenvalue weighted by Gasteiger charge is 2.25. The van der Waals surface area contributed by atoms with Gasteiger partial charge >= 0.3 is 6.09 Å². The lowest BCUT2D eigenvalue weighted by Crippen LogP contribution is -2.45. The number of pyridine rings is 1. The number of rotatable bonds is 5. The molecule has 0 saturated heterocycles. The minimum absolute atomic E-state index is 0.396. The first-order valence-corrected chi connectivity index (χ1v) is 6.43. The van der Waals surface area contributed by atoms with Crippen LogP contribution in [-0.2, 0) is 0 Å². The molecule has 6 heteroatoms. The zero-order valence-electron chi connectivity index (χ0n) is 11.4. The Morgan fingerprint density at radius 1 is 1.53 bits per heavy atom. The van der Waals surface area contributed by atoms with Gasteiger partial charge in [0.25, 0.3) is 0 Å². The number of hydrogen-bond acceptors (Lipinski definition) is 3. The molecule has 0 radical (unpaired) electrons. The van der Waals surface area contributed by atoms with Crippen LogP contribution in [0.1, 0.15) is 27.2 Å². The van der Waals surface area contributed by atoms with E-state index in [1.807, 2.05) is 20.8 Å². The van der Waals surface area contributed by atoms with Crippen LogP contribution < -0.4 is 4.74 Å². The summed E-state index contributed by atoms with van der Waals surface area (Å²) in [5.74, 6) is 0.449. The van der Waals surface area contributed by atoms with E-state index in [-0.39, 0.29) is 0 Å². The molecule has 5 nitrogen and oxygen atoms in total. The van der Waals surface area contributed by atoms with Crippen LogP contribution in [-0.4, -0.2) is 39.8 Å². The summed E-state index contributed by atoms with van der Waals surface area (Å²) >= 11 is 5.80. The van der Waals surface area contributed by atoms with Gasteiger partial charge in [-0.1, -0.05) is 11.6 Å². The highest BCUT2D eigenvalue weighted by Crippen LogP contribution is 2.15. The van der Waals surface area contributed by atoms with Crippen molar-refractivity contribution in [2.24, 2.45) is 0 Å². The Hall–Kier alpha value is -1.49. The maximum Gasteiger partial charge on any atom is 0.407 e. The summed E-state index contributed by atoms with van der Waals surface area (Å²) < 4.78 is 5.41. The van der Waals surface area contributed by atoms with Crippen molar-refractivity contribution in [2.45, 2.75) is 32.7 Å². The van der Waals surface area contributed by atoms with Gasteiger partial charge in [-0.05, 0) is 33.3 Å². The van der Waals surface area contributed by atoms with E-state index < -0.39 is 11.6 Å². The topological polar surface area (TPSA) is 62.7 Å². The van der Waals surface area contributed by atoms with Gasteiger partial charge in [0.2, 0.25) is 5.88 Å². The van der Waals surface area contributed by atoms with E-state index >= 15 is 0 Å². The highest BCUT2D eigenvalue weighted by atomic mass is 35.5. The van der Waals surface area contributed by atoms with Crippen LogP contribution in [0.3, 0.4) is 0 Å². The van der Waals surface area contributed by atoms with Crippen molar-refractivity contribution in [2.75, 3.05) is 13.2 Å². The van der Waals surface area contributed by atoms with E-state index in [1.165, 1.54) is 4.90 Å². The van der Waals surface area contributed by atoms with E-state index in [0.29, 0.717) is 30.5 Å². The van der Waals surface area contributed by atoms with Crippen LogP contribution in [0.2, 0.25) is 5.02 Å². The fraction of sp³-hybridized carbons (Fsp3) is 0.538. The largest absolute Gasteiger partial charge is 0.478 e. The molecular weight excluding hydrogens is 268 g/mol. The van der Waals surface area contributed by atoms with Gasteiger partial charge in [-0.3, -0.25) is 0 Å². The predicted octanol–water partition coefficient (Wildman–Crippen LogP) is 3.28. The van der Waals surface area contributed by atoms with Crippen molar-refractivity contribution in [3.63, 3.8) is 0 Å². The van der Waals surface area contributed by atoms with Crippen LogP contribution in [0.25, 0.3) is 0 Å². The van der Waals surface area contributed by atoms with E-state index in [2.05, 4.69) is 4.98 Å². The second-order valence-electron chi connectivity index (χ2n) is 5.12. The minimum atomic E-state index is -0.923. The summed E-state index contributed by atoms with van der Waals surface area (Å²) in [4.78, 5) is 16.5. The van der Waals surface area contributed by atoms with Gasteiger partial charge in [0.1, 0.15) is 0 Å². The first-order valence-electron chi connectivity index (χ1n) is 6.05. The first-order chi connectivity index (χ1) is 8.80. The van der Waals surface area contributed by atoms with Crippen molar-refractivity contribution >= 4 is 17.7 Å². The van der Waals surface area contributed by atoms with E-state index in [4.69, 9.17) is 21.4 Å². The van der Waals surface area contributed by atoms with E-state index in [0.717, 1.165) is 0 Å². The zero-order valence-corrected chi connectivity index (χ0v) is 12.1. The minimum Gasteiger partial charge on any atom is -0.478 e. The summed E-state index contributed by atoms with van der Waals surface area (Å²) in [6, 6.07) is 3.29. The molecule has 0 atom stereocenters. The van der Waals surface area contributed by atoms with Crippen molar-refractivity contribution in [1.82, 2.24) is 9.88 Å². The Balaban J connectivity index is 2.39. The van der Waals surface area contributed by atoms with Crippen LogP contribution in [0.15, 0.2) is 18.3 Å². The second kappa shape index (κ2) is 6.61. The maximum absolute atomic E-state index is 11.1. The molecule has 1 N–H and O–H groups in total. The summed E-state index contributed by atoms with van der Waals surface area (Å²) in [6.07, 6.45) is 1.24. The molecule has 0 aliphatic heterocycles. The van der Waals surface area contributed by atoms with Crippen LogP contribution in [0.4, 0.5) is 4.79 Å². The maximum atomic E-state index is 11.1. The summed E-state index contributed by atoms with van der Waals surface area (Å²) in [5.41, 5.74) is -0.417. The molecule has 0 aliphatic carbocycles. The number of aromatic nitrogens is 1. The van der Waals surface area contributed by atoms with Gasteiger partial charge in [-0.15, -0.1) is 0 Å². The molecule has 0 unspecified atom stereocenters. The van der Waals surface area contributed by atoms with Gasteiger partial charge < -0.3 is 14.7 Å². The average Bonchev–Trinajstić information content (AvgIpc) is 2.26. The van der Waals surface area contributed by atoms with Crippen molar-refractivity contribution in [3.8, 4) is 5.88 Å². The van der Waals surface area contributed by atoms with E-state index in [9.17, 15) is 4.79 Å². The fourth-order valence-electron chi connectivity index (χ4n) is 1.58. The smallest absolute Gasteiger partial charge is 0.407 e. The molecule has 1 aromatic rings. The van der Waals surface area contributed by atoms with E-state index in [1.54, 1.807) is 18.3 Å². The monoisotopic (exact) mass is 286 g/mol. The third kappa shape index (κ3) is 5.34. The van der Waals surface area contributed by atoms with Crippen LogP contribution in [0.5, 0.6) is 5.88 Å². The molecule has 0 aliphatic rings. The van der Waals surface area contributed by atoms with Crippen molar-refractivity contribution in [3.05, 3.63) is 23.4 Å². The quantitative estimate of drug-likeness (QED) is 0.844. The predicted molar refractivity (Wildman–Crippen MR) is 73.8 cm³/mol. The molecule has 1 rings (SSSR count). The molecule has 0 bridgehead atoms. The molecule has 0 saturated carbocycles. The van der Waals surface area contributed by atoms with Gasteiger partial charge in [-0.25, -0.2) is 9.78 Å². The second-order valence-corrected chi connectivity index (χ2v) is 5.56. The Morgan fingerprint density at radius 2 is 2.21 bits per heavy atom. The lowest BCUT2D eigenvalue weighted by molar-refractivity contribution is 0.0960. The number of halogens is 1. The number of carboxylic acid groups (broad SMARTS) is 1. The van der Waals surface area contributed by atoms with Crippen LogP contribution in [0, 0.1) is 0 Å². The summed E-state index contributed by atoms with van der Waals surface area (Å²) in [5, 5.41) is 9.68. The molecule has 1 aromatic heterocycles. The number of nitrogens with zero attached hydrogens (tertiary/aromatic N) is 2. The molecule has 0 spiro atoms. The first kappa shape index (κ1) is 15.6. The standard InChI is InChI=1S/C13H19ClN2O3/c1-13(2,3)16(12(17)18)7-4-8-19-11-9-10(14)5-6-15-11/h5-6,9H,4,7-8H2,1-3H3,(H,17,18). The molecule has 19 heavy (non-hydrogen) atoms. The van der Waals surface area contributed by atoms with Gasteiger partial charge in [0.15, 0.2) is 0 Å². The lowest BCUT2D eigenvalue weighted by atomic mass is 10.1. The molecule has 1 heterocycles. The van der Waals surface area contributed by atoms with Gasteiger partial charge in [0.05, 0.1) is 6.61 Å². The molecule has 1 amide bonds. The average molecular weight is 287 g/mol.